The lowest BCUT2D eigenvalue weighted by molar-refractivity contribution is 0.0696. The first-order valence-electron chi connectivity index (χ1n) is 11.2. The van der Waals surface area contributed by atoms with Crippen molar-refractivity contribution in [1.29, 1.82) is 0 Å². The summed E-state index contributed by atoms with van der Waals surface area (Å²) >= 11 is 0. The fraction of sp³-hybridized carbons (Fsp3) is 0.138. The molecule has 0 bridgehead atoms. The molecule has 4 aromatic rings. The molecule has 3 aromatic carbocycles. The number of anilines is 1. The zero-order chi connectivity index (χ0) is 23.9. The second kappa shape index (κ2) is 8.27. The lowest BCUT2D eigenvalue weighted by Gasteiger charge is -2.29. The highest BCUT2D eigenvalue weighted by molar-refractivity contribution is 6.16. The average Bonchev–Trinajstić information content (AvgIpc) is 2.83. The van der Waals surface area contributed by atoms with Crippen LogP contribution in [0.15, 0.2) is 79.0 Å². The Morgan fingerprint density at radius 1 is 1.00 bits per heavy atom. The topological polar surface area (TPSA) is 79.3 Å². The minimum absolute atomic E-state index is 0.0139. The van der Waals surface area contributed by atoms with E-state index in [0.29, 0.717) is 11.3 Å². The molecule has 0 unspecified atom stereocenters. The fourth-order valence-corrected chi connectivity index (χ4v) is 4.54. The summed E-state index contributed by atoms with van der Waals surface area (Å²) in [6.45, 7) is 4.44. The van der Waals surface area contributed by atoms with Crippen LogP contribution in [0, 0.1) is 0 Å². The summed E-state index contributed by atoms with van der Waals surface area (Å²) < 4.78 is 0. The number of hydrogen-bond acceptors (Lipinski definition) is 3. The molecule has 2 N–H and O–H groups in total. The number of allylic oxidation sites excluding steroid dienone is 1. The van der Waals surface area contributed by atoms with Crippen molar-refractivity contribution in [2.45, 2.75) is 25.7 Å². The molecule has 0 atom stereocenters. The number of benzene rings is 3. The van der Waals surface area contributed by atoms with Crippen LogP contribution >= 0.6 is 0 Å². The minimum atomic E-state index is -1.01. The highest BCUT2D eigenvalue weighted by atomic mass is 16.4. The number of carboxylic acids is 1. The van der Waals surface area contributed by atoms with Gasteiger partial charge in [-0.2, -0.15) is 0 Å². The Hall–Kier alpha value is -4.25. The Morgan fingerprint density at radius 3 is 2.47 bits per heavy atom. The van der Waals surface area contributed by atoms with Gasteiger partial charge >= 0.3 is 5.97 Å². The van der Waals surface area contributed by atoms with Crippen LogP contribution in [0.1, 0.15) is 52.2 Å². The number of amides is 1. The summed E-state index contributed by atoms with van der Waals surface area (Å²) in [7, 11) is 0. The van der Waals surface area contributed by atoms with E-state index in [-0.39, 0.29) is 16.9 Å². The molecule has 0 spiro atoms. The van der Waals surface area contributed by atoms with Crippen LogP contribution < -0.4 is 5.32 Å². The molecule has 1 amide bonds. The van der Waals surface area contributed by atoms with Gasteiger partial charge in [-0.05, 0) is 70.8 Å². The summed E-state index contributed by atoms with van der Waals surface area (Å²) in [5, 5.41) is 13.8. The quantitative estimate of drug-likeness (QED) is 0.371. The van der Waals surface area contributed by atoms with Gasteiger partial charge in [-0.15, -0.1) is 0 Å². The predicted octanol–water partition coefficient (Wildman–Crippen LogP) is 6.55. The molecular weight excluding hydrogens is 424 g/mol. The molecule has 0 aliphatic heterocycles. The maximum atomic E-state index is 13.3. The molecule has 0 saturated heterocycles. The number of carboxylic acid groups (broad SMARTS) is 1. The number of aromatic nitrogens is 1. The lowest BCUT2D eigenvalue weighted by atomic mass is 9.77. The zero-order valence-corrected chi connectivity index (χ0v) is 19.0. The minimum Gasteiger partial charge on any atom is -0.478 e. The third-order valence-electron chi connectivity index (χ3n) is 6.40. The van der Waals surface area contributed by atoms with Crippen LogP contribution in [0.2, 0.25) is 0 Å². The number of carbonyl (C=O) groups is 2. The average molecular weight is 449 g/mol. The van der Waals surface area contributed by atoms with Crippen molar-refractivity contribution in [3.63, 3.8) is 0 Å². The molecule has 34 heavy (non-hydrogen) atoms. The summed E-state index contributed by atoms with van der Waals surface area (Å²) in [6, 6.07) is 20.0. The molecule has 1 aromatic heterocycles. The maximum Gasteiger partial charge on any atom is 0.335 e. The summed E-state index contributed by atoms with van der Waals surface area (Å²) in [5.74, 6) is -1.26. The maximum absolute atomic E-state index is 13.3. The van der Waals surface area contributed by atoms with Crippen molar-refractivity contribution in [3.8, 4) is 11.1 Å². The van der Waals surface area contributed by atoms with E-state index in [0.717, 1.165) is 34.0 Å². The zero-order valence-electron chi connectivity index (χ0n) is 19.0. The third kappa shape index (κ3) is 3.86. The van der Waals surface area contributed by atoms with E-state index in [9.17, 15) is 9.59 Å². The van der Waals surface area contributed by atoms with E-state index in [1.54, 1.807) is 12.1 Å². The highest BCUT2D eigenvalue weighted by Gasteiger charge is 2.26. The van der Waals surface area contributed by atoms with E-state index in [1.807, 2.05) is 42.6 Å². The fourth-order valence-electron chi connectivity index (χ4n) is 4.54. The largest absolute Gasteiger partial charge is 0.478 e. The van der Waals surface area contributed by atoms with Gasteiger partial charge in [0.25, 0.3) is 5.91 Å². The first-order valence-corrected chi connectivity index (χ1v) is 11.2. The Bertz CT molecular complexity index is 1460. The molecule has 1 heterocycles. The number of rotatable bonds is 4. The SMILES string of the molecule is CC1(C)CC=Cc2ncc(-c3cccc4cccc(C(=O)Nc5ccc(C(=O)O)cc5)c34)cc21. The smallest absolute Gasteiger partial charge is 0.335 e. The van der Waals surface area contributed by atoms with Gasteiger partial charge in [0.1, 0.15) is 0 Å². The standard InChI is InChI=1S/C29H24N2O3/c1-29(2)15-5-10-25-24(29)16-20(17-30-25)22-8-3-6-18-7-4-9-23(26(18)22)27(32)31-21-13-11-19(12-14-21)28(33)34/h3-14,16-17H,15H2,1-2H3,(H,31,32)(H,33,34). The van der Waals surface area contributed by atoms with Gasteiger partial charge < -0.3 is 10.4 Å². The predicted molar refractivity (Wildman–Crippen MR) is 135 cm³/mol. The van der Waals surface area contributed by atoms with Crippen molar-refractivity contribution >= 4 is 34.4 Å². The number of aromatic carboxylic acids is 1. The van der Waals surface area contributed by atoms with Crippen molar-refractivity contribution in [1.82, 2.24) is 4.98 Å². The molecule has 1 aliphatic carbocycles. The van der Waals surface area contributed by atoms with Gasteiger partial charge in [0.05, 0.1) is 11.3 Å². The van der Waals surface area contributed by atoms with Gasteiger partial charge in [0, 0.05) is 28.4 Å². The summed E-state index contributed by atoms with van der Waals surface area (Å²) in [4.78, 5) is 29.1. The molecule has 0 saturated carbocycles. The van der Waals surface area contributed by atoms with Crippen LogP contribution in [0.4, 0.5) is 5.69 Å². The Labute approximate surface area is 197 Å². The van der Waals surface area contributed by atoms with Gasteiger partial charge in [-0.1, -0.05) is 50.3 Å². The van der Waals surface area contributed by atoms with E-state index in [1.165, 1.54) is 17.7 Å². The van der Waals surface area contributed by atoms with Gasteiger partial charge in [0.15, 0.2) is 0 Å². The molecule has 1 aliphatic rings. The van der Waals surface area contributed by atoms with Crippen molar-refractivity contribution in [2.24, 2.45) is 0 Å². The number of hydrogen-bond donors (Lipinski definition) is 2. The van der Waals surface area contributed by atoms with Crippen molar-refractivity contribution in [2.75, 3.05) is 5.32 Å². The van der Waals surface area contributed by atoms with Gasteiger partial charge in [-0.25, -0.2) is 4.79 Å². The molecule has 5 heteroatoms. The van der Waals surface area contributed by atoms with Crippen molar-refractivity contribution < 1.29 is 14.7 Å². The first-order chi connectivity index (χ1) is 16.3. The second-order valence-corrected chi connectivity index (χ2v) is 9.19. The van der Waals surface area contributed by atoms with Crippen LogP contribution in [-0.4, -0.2) is 22.0 Å². The number of fused-ring (bicyclic) bond motifs is 2. The van der Waals surface area contributed by atoms with Crippen LogP contribution in [0.5, 0.6) is 0 Å². The molecule has 5 rings (SSSR count). The number of nitrogens with zero attached hydrogens (tertiary/aromatic N) is 1. The normalized spacial score (nSPS) is 13.9. The number of nitrogens with one attached hydrogen (secondary N) is 1. The summed E-state index contributed by atoms with van der Waals surface area (Å²) in [5.41, 5.74) is 5.35. The van der Waals surface area contributed by atoms with E-state index < -0.39 is 5.97 Å². The molecule has 5 nitrogen and oxygen atoms in total. The monoisotopic (exact) mass is 448 g/mol. The molecule has 0 fully saturated rings. The number of pyridine rings is 1. The first kappa shape index (κ1) is 21.6. The van der Waals surface area contributed by atoms with Crippen LogP contribution in [0.25, 0.3) is 28.0 Å². The van der Waals surface area contributed by atoms with E-state index in [2.05, 4.69) is 37.4 Å². The number of carbonyl (C=O) groups excluding carboxylic acids is 1. The van der Waals surface area contributed by atoms with Crippen LogP contribution in [-0.2, 0) is 5.41 Å². The lowest BCUT2D eigenvalue weighted by Crippen LogP contribution is -2.20. The Balaban J connectivity index is 1.59. The third-order valence-corrected chi connectivity index (χ3v) is 6.40. The molecular formula is C29H24N2O3. The Kier molecular flexibility index (Phi) is 5.25. The van der Waals surface area contributed by atoms with Crippen molar-refractivity contribution in [3.05, 3.63) is 101 Å². The van der Waals surface area contributed by atoms with Gasteiger partial charge in [0.2, 0.25) is 0 Å². The van der Waals surface area contributed by atoms with Gasteiger partial charge in [-0.3, -0.25) is 9.78 Å². The second-order valence-electron chi connectivity index (χ2n) is 9.19. The highest BCUT2D eigenvalue weighted by Crippen LogP contribution is 2.38. The molecule has 168 valence electrons. The molecule has 0 radical (unpaired) electrons. The summed E-state index contributed by atoms with van der Waals surface area (Å²) in [6.07, 6.45) is 7.06. The van der Waals surface area contributed by atoms with E-state index >= 15 is 0 Å². The Morgan fingerprint density at radius 2 is 1.74 bits per heavy atom. The van der Waals surface area contributed by atoms with Crippen LogP contribution in [0.3, 0.4) is 0 Å². The van der Waals surface area contributed by atoms with E-state index in [4.69, 9.17) is 10.1 Å².